The summed E-state index contributed by atoms with van der Waals surface area (Å²) in [7, 11) is 0. The maximum atomic E-state index is 11.5. The highest BCUT2D eigenvalue weighted by molar-refractivity contribution is 5.96. The predicted molar refractivity (Wildman–Crippen MR) is 66.7 cm³/mol. The molecule has 0 radical (unpaired) electrons. The SMILES string of the molecule is CCNC(=O)c1ccc(NC(=O)[C@@H](C)N)cc1. The van der Waals surface area contributed by atoms with Gasteiger partial charge in [-0.3, -0.25) is 9.59 Å². The van der Waals surface area contributed by atoms with E-state index in [-0.39, 0.29) is 11.8 Å². The van der Waals surface area contributed by atoms with Gasteiger partial charge in [-0.2, -0.15) is 0 Å². The van der Waals surface area contributed by atoms with Gasteiger partial charge in [-0.15, -0.1) is 0 Å². The van der Waals surface area contributed by atoms with Crippen molar-refractivity contribution in [3.8, 4) is 0 Å². The molecule has 0 saturated heterocycles. The van der Waals surface area contributed by atoms with Crippen LogP contribution in [0, 0.1) is 0 Å². The van der Waals surface area contributed by atoms with Crippen molar-refractivity contribution < 1.29 is 9.59 Å². The molecular weight excluding hydrogens is 218 g/mol. The van der Waals surface area contributed by atoms with E-state index in [1.165, 1.54) is 0 Å². The molecule has 0 spiro atoms. The topological polar surface area (TPSA) is 84.2 Å². The van der Waals surface area contributed by atoms with Crippen LogP contribution >= 0.6 is 0 Å². The largest absolute Gasteiger partial charge is 0.352 e. The summed E-state index contributed by atoms with van der Waals surface area (Å²) in [5.41, 5.74) is 6.61. The van der Waals surface area contributed by atoms with Gasteiger partial charge in [0.05, 0.1) is 6.04 Å². The fraction of sp³-hybridized carbons (Fsp3) is 0.333. The Morgan fingerprint density at radius 1 is 1.29 bits per heavy atom. The second-order valence-electron chi connectivity index (χ2n) is 3.71. The first-order valence-electron chi connectivity index (χ1n) is 5.49. The molecule has 1 aromatic carbocycles. The fourth-order valence-electron chi connectivity index (χ4n) is 1.22. The number of amides is 2. The van der Waals surface area contributed by atoms with E-state index >= 15 is 0 Å². The van der Waals surface area contributed by atoms with Crippen molar-refractivity contribution in [3.63, 3.8) is 0 Å². The third-order valence-corrected chi connectivity index (χ3v) is 2.17. The minimum absolute atomic E-state index is 0.127. The average Bonchev–Trinajstić information content (AvgIpc) is 2.30. The highest BCUT2D eigenvalue weighted by Crippen LogP contribution is 2.09. The first-order valence-corrected chi connectivity index (χ1v) is 5.49. The zero-order chi connectivity index (χ0) is 12.8. The van der Waals surface area contributed by atoms with E-state index < -0.39 is 6.04 Å². The van der Waals surface area contributed by atoms with Gasteiger partial charge in [-0.1, -0.05) is 0 Å². The van der Waals surface area contributed by atoms with E-state index in [1.54, 1.807) is 31.2 Å². The van der Waals surface area contributed by atoms with Crippen LogP contribution in [-0.4, -0.2) is 24.4 Å². The van der Waals surface area contributed by atoms with E-state index in [0.29, 0.717) is 17.8 Å². The molecule has 0 aliphatic heterocycles. The molecule has 1 aromatic rings. The predicted octanol–water partition coefficient (Wildman–Crippen LogP) is 0.722. The molecule has 5 nitrogen and oxygen atoms in total. The molecule has 0 aromatic heterocycles. The molecule has 2 amide bonds. The van der Waals surface area contributed by atoms with Crippen LogP contribution in [0.1, 0.15) is 24.2 Å². The van der Waals surface area contributed by atoms with E-state index in [9.17, 15) is 9.59 Å². The van der Waals surface area contributed by atoms with E-state index in [0.717, 1.165) is 0 Å². The summed E-state index contributed by atoms with van der Waals surface area (Å²) in [6.07, 6.45) is 0. The number of nitrogens with one attached hydrogen (secondary N) is 2. The quantitative estimate of drug-likeness (QED) is 0.719. The molecule has 0 heterocycles. The lowest BCUT2D eigenvalue weighted by Crippen LogP contribution is -2.32. The number of benzene rings is 1. The van der Waals surface area contributed by atoms with Crippen molar-refractivity contribution in [3.05, 3.63) is 29.8 Å². The minimum atomic E-state index is -0.557. The number of anilines is 1. The van der Waals surface area contributed by atoms with Crippen molar-refractivity contribution in [1.82, 2.24) is 5.32 Å². The molecule has 0 unspecified atom stereocenters. The highest BCUT2D eigenvalue weighted by Gasteiger charge is 2.08. The monoisotopic (exact) mass is 235 g/mol. The maximum Gasteiger partial charge on any atom is 0.251 e. The normalized spacial score (nSPS) is 11.7. The van der Waals surface area contributed by atoms with Gasteiger partial charge in [0.2, 0.25) is 5.91 Å². The van der Waals surface area contributed by atoms with Gasteiger partial charge in [-0.25, -0.2) is 0 Å². The van der Waals surface area contributed by atoms with Crippen molar-refractivity contribution in [2.75, 3.05) is 11.9 Å². The van der Waals surface area contributed by atoms with Crippen molar-refractivity contribution >= 4 is 17.5 Å². The molecule has 0 saturated carbocycles. The van der Waals surface area contributed by atoms with Crippen LogP contribution in [0.4, 0.5) is 5.69 Å². The van der Waals surface area contributed by atoms with E-state index in [4.69, 9.17) is 5.73 Å². The number of hydrogen-bond acceptors (Lipinski definition) is 3. The number of carbonyl (C=O) groups is 2. The second kappa shape index (κ2) is 6.00. The van der Waals surface area contributed by atoms with Gasteiger partial charge in [-0.05, 0) is 38.1 Å². The Labute approximate surface area is 100 Å². The van der Waals surface area contributed by atoms with Crippen molar-refractivity contribution in [1.29, 1.82) is 0 Å². The lowest BCUT2D eigenvalue weighted by atomic mass is 10.2. The lowest BCUT2D eigenvalue weighted by molar-refractivity contribution is -0.117. The van der Waals surface area contributed by atoms with Crippen LogP contribution in [0.15, 0.2) is 24.3 Å². The van der Waals surface area contributed by atoms with Gasteiger partial charge < -0.3 is 16.4 Å². The third-order valence-electron chi connectivity index (χ3n) is 2.17. The molecule has 1 atom stereocenters. The van der Waals surface area contributed by atoms with Gasteiger partial charge >= 0.3 is 0 Å². The Bertz CT molecular complexity index is 399. The third kappa shape index (κ3) is 3.88. The minimum Gasteiger partial charge on any atom is -0.352 e. The molecule has 17 heavy (non-hydrogen) atoms. The summed E-state index contributed by atoms with van der Waals surface area (Å²) >= 11 is 0. The Morgan fingerprint density at radius 3 is 2.35 bits per heavy atom. The van der Waals surface area contributed by atoms with Crippen LogP contribution in [-0.2, 0) is 4.79 Å². The summed E-state index contributed by atoms with van der Waals surface area (Å²) in [6, 6.07) is 6.09. The van der Waals surface area contributed by atoms with Crippen LogP contribution in [0.3, 0.4) is 0 Å². The standard InChI is InChI=1S/C12H17N3O2/c1-3-14-12(17)9-4-6-10(7-5-9)15-11(16)8(2)13/h4-8H,3,13H2,1-2H3,(H,14,17)(H,15,16)/t8-/m1/s1. The lowest BCUT2D eigenvalue weighted by Gasteiger charge is -2.08. The molecule has 92 valence electrons. The van der Waals surface area contributed by atoms with Crippen LogP contribution in [0.5, 0.6) is 0 Å². The van der Waals surface area contributed by atoms with Crippen LogP contribution in [0.25, 0.3) is 0 Å². The molecular formula is C12H17N3O2. The summed E-state index contributed by atoms with van der Waals surface area (Å²) < 4.78 is 0. The molecule has 5 heteroatoms. The average molecular weight is 235 g/mol. The van der Waals surface area contributed by atoms with E-state index in [2.05, 4.69) is 10.6 Å². The molecule has 0 aliphatic rings. The van der Waals surface area contributed by atoms with Gasteiger partial charge in [0.15, 0.2) is 0 Å². The second-order valence-corrected chi connectivity index (χ2v) is 3.71. The number of rotatable bonds is 4. The number of carbonyl (C=O) groups excluding carboxylic acids is 2. The number of hydrogen-bond donors (Lipinski definition) is 3. The van der Waals surface area contributed by atoms with Crippen molar-refractivity contribution in [2.45, 2.75) is 19.9 Å². The van der Waals surface area contributed by atoms with Crippen LogP contribution in [0.2, 0.25) is 0 Å². The molecule has 4 N–H and O–H groups in total. The molecule has 0 bridgehead atoms. The zero-order valence-electron chi connectivity index (χ0n) is 9.99. The summed E-state index contributed by atoms with van der Waals surface area (Å²) in [6.45, 7) is 4.05. The van der Waals surface area contributed by atoms with Crippen molar-refractivity contribution in [2.24, 2.45) is 5.73 Å². The summed E-state index contributed by atoms with van der Waals surface area (Å²) in [4.78, 5) is 22.8. The summed E-state index contributed by atoms with van der Waals surface area (Å²) in [5.74, 6) is -0.381. The van der Waals surface area contributed by atoms with Gasteiger partial charge in [0.25, 0.3) is 5.91 Å². The summed E-state index contributed by atoms with van der Waals surface area (Å²) in [5, 5.41) is 5.34. The Hall–Kier alpha value is -1.88. The first-order chi connectivity index (χ1) is 8.04. The van der Waals surface area contributed by atoms with Crippen LogP contribution < -0.4 is 16.4 Å². The molecule has 1 rings (SSSR count). The first kappa shape index (κ1) is 13.2. The fourth-order valence-corrected chi connectivity index (χ4v) is 1.22. The Morgan fingerprint density at radius 2 is 1.88 bits per heavy atom. The smallest absolute Gasteiger partial charge is 0.251 e. The Kier molecular flexibility index (Phi) is 4.66. The Balaban J connectivity index is 2.68. The van der Waals surface area contributed by atoms with E-state index in [1.807, 2.05) is 6.92 Å². The number of nitrogens with two attached hydrogens (primary N) is 1. The molecule has 0 fully saturated rings. The highest BCUT2D eigenvalue weighted by atomic mass is 16.2. The molecule has 0 aliphatic carbocycles. The maximum absolute atomic E-state index is 11.5. The van der Waals surface area contributed by atoms with Gasteiger partial charge in [0.1, 0.15) is 0 Å². The zero-order valence-corrected chi connectivity index (χ0v) is 9.99. The van der Waals surface area contributed by atoms with Gasteiger partial charge in [0, 0.05) is 17.8 Å².